The second-order valence-corrected chi connectivity index (χ2v) is 9.31. The highest BCUT2D eigenvalue weighted by Crippen LogP contribution is 2.31. The van der Waals surface area contributed by atoms with Crippen molar-refractivity contribution >= 4 is 39.3 Å². The van der Waals surface area contributed by atoms with Crippen molar-refractivity contribution in [1.29, 1.82) is 0 Å². The second-order valence-electron chi connectivity index (χ2n) is 7.16. The van der Waals surface area contributed by atoms with Gasteiger partial charge in [0.25, 0.3) is 5.56 Å². The lowest BCUT2D eigenvalue weighted by Gasteiger charge is -2.15. The number of nitrogens with zero attached hydrogens (tertiary/aromatic N) is 2. The standard InChI is InChI=1S/C21H24N2O5S2/c1-4-15-12(2)30-18-17(15)19(24)23(10-13-6-5-9-27-13)21(22-18)29-11-14-7-8-16(28-14)20(25)26-3/h7-8,13H,4-6,9-11H2,1-3H3. The summed E-state index contributed by atoms with van der Waals surface area (Å²) in [6.07, 6.45) is 2.79. The van der Waals surface area contributed by atoms with Gasteiger partial charge >= 0.3 is 5.97 Å². The zero-order valence-electron chi connectivity index (χ0n) is 17.2. The number of fused-ring (bicyclic) bond motifs is 1. The van der Waals surface area contributed by atoms with Crippen LogP contribution in [-0.2, 0) is 28.2 Å². The predicted molar refractivity (Wildman–Crippen MR) is 117 cm³/mol. The number of aromatic nitrogens is 2. The molecule has 3 aromatic heterocycles. The SMILES string of the molecule is CCc1c(C)sc2nc(SCc3ccc(C(=O)OC)o3)n(CC3CCCO3)c(=O)c12. The Morgan fingerprint density at radius 1 is 1.43 bits per heavy atom. The molecule has 0 saturated carbocycles. The smallest absolute Gasteiger partial charge is 0.373 e. The van der Waals surface area contributed by atoms with Gasteiger partial charge in [-0.1, -0.05) is 18.7 Å². The number of ether oxygens (including phenoxy) is 2. The van der Waals surface area contributed by atoms with E-state index < -0.39 is 5.97 Å². The molecular weight excluding hydrogens is 424 g/mol. The number of methoxy groups -OCH3 is 1. The number of carbonyl (C=O) groups is 1. The molecule has 160 valence electrons. The minimum atomic E-state index is -0.512. The van der Waals surface area contributed by atoms with E-state index in [2.05, 4.69) is 11.7 Å². The maximum absolute atomic E-state index is 13.4. The third-order valence-electron chi connectivity index (χ3n) is 5.23. The number of esters is 1. The summed E-state index contributed by atoms with van der Waals surface area (Å²) in [5, 5.41) is 1.37. The van der Waals surface area contributed by atoms with Gasteiger partial charge in [0.2, 0.25) is 5.76 Å². The Bertz CT molecular complexity index is 1120. The van der Waals surface area contributed by atoms with Gasteiger partial charge in [-0.25, -0.2) is 9.78 Å². The van der Waals surface area contributed by atoms with Gasteiger partial charge in [-0.15, -0.1) is 11.3 Å². The molecule has 7 nitrogen and oxygen atoms in total. The molecule has 0 bridgehead atoms. The molecule has 0 spiro atoms. The Kier molecular flexibility index (Phi) is 6.31. The number of aryl methyl sites for hydroxylation is 2. The molecule has 0 N–H and O–H groups in total. The average molecular weight is 449 g/mol. The van der Waals surface area contributed by atoms with Gasteiger partial charge in [-0.05, 0) is 43.9 Å². The lowest BCUT2D eigenvalue weighted by atomic mass is 10.1. The number of hydrogen-bond acceptors (Lipinski definition) is 8. The summed E-state index contributed by atoms with van der Waals surface area (Å²) >= 11 is 2.99. The monoisotopic (exact) mass is 448 g/mol. The average Bonchev–Trinajstić information content (AvgIpc) is 3.48. The van der Waals surface area contributed by atoms with E-state index in [4.69, 9.17) is 14.1 Å². The van der Waals surface area contributed by atoms with E-state index in [-0.39, 0.29) is 17.4 Å². The summed E-state index contributed by atoms with van der Waals surface area (Å²) in [5.74, 6) is 0.720. The van der Waals surface area contributed by atoms with Gasteiger partial charge in [0, 0.05) is 11.5 Å². The van der Waals surface area contributed by atoms with E-state index in [1.807, 2.05) is 6.92 Å². The van der Waals surface area contributed by atoms with Crippen molar-refractivity contribution in [2.24, 2.45) is 0 Å². The Morgan fingerprint density at radius 2 is 2.27 bits per heavy atom. The Morgan fingerprint density at radius 3 is 2.97 bits per heavy atom. The molecule has 1 aliphatic heterocycles. The van der Waals surface area contributed by atoms with E-state index in [0.29, 0.717) is 23.2 Å². The van der Waals surface area contributed by atoms with Crippen molar-refractivity contribution in [2.75, 3.05) is 13.7 Å². The highest BCUT2D eigenvalue weighted by Gasteiger charge is 2.23. The molecule has 1 fully saturated rings. The molecule has 30 heavy (non-hydrogen) atoms. The third-order valence-corrected chi connectivity index (χ3v) is 7.27. The van der Waals surface area contributed by atoms with Gasteiger partial charge in [0.15, 0.2) is 5.16 Å². The van der Waals surface area contributed by atoms with Crippen LogP contribution in [0, 0.1) is 6.92 Å². The molecule has 1 aliphatic rings. The predicted octanol–water partition coefficient (Wildman–Crippen LogP) is 4.18. The fourth-order valence-electron chi connectivity index (χ4n) is 3.72. The molecule has 3 aromatic rings. The van der Waals surface area contributed by atoms with Crippen LogP contribution in [0.2, 0.25) is 0 Å². The lowest BCUT2D eigenvalue weighted by molar-refractivity contribution is 0.0563. The second kappa shape index (κ2) is 8.95. The van der Waals surface area contributed by atoms with Crippen LogP contribution >= 0.6 is 23.1 Å². The molecule has 1 saturated heterocycles. The first-order valence-electron chi connectivity index (χ1n) is 9.96. The third kappa shape index (κ3) is 4.06. The number of thiophene rings is 1. The van der Waals surface area contributed by atoms with Crippen molar-refractivity contribution in [3.63, 3.8) is 0 Å². The number of carbonyl (C=O) groups excluding carboxylic acids is 1. The summed E-state index contributed by atoms with van der Waals surface area (Å²) in [6, 6.07) is 3.33. The fraction of sp³-hybridized carbons (Fsp3) is 0.476. The van der Waals surface area contributed by atoms with E-state index in [9.17, 15) is 9.59 Å². The Hall–Kier alpha value is -2.10. The maximum Gasteiger partial charge on any atom is 0.373 e. The Labute approximate surface area is 182 Å². The molecular formula is C21H24N2O5S2. The van der Waals surface area contributed by atoms with Crippen LogP contribution in [0.25, 0.3) is 10.2 Å². The van der Waals surface area contributed by atoms with Gasteiger partial charge in [0.1, 0.15) is 10.6 Å². The summed E-state index contributed by atoms with van der Waals surface area (Å²) in [7, 11) is 1.32. The largest absolute Gasteiger partial charge is 0.463 e. The normalized spacial score (nSPS) is 16.4. The van der Waals surface area contributed by atoms with Crippen LogP contribution in [-0.4, -0.2) is 35.3 Å². The van der Waals surface area contributed by atoms with Crippen LogP contribution < -0.4 is 5.56 Å². The van der Waals surface area contributed by atoms with Crippen LogP contribution in [0.3, 0.4) is 0 Å². The molecule has 0 radical (unpaired) electrons. The molecule has 1 unspecified atom stereocenters. The van der Waals surface area contributed by atoms with Crippen LogP contribution in [0.1, 0.15) is 46.5 Å². The lowest BCUT2D eigenvalue weighted by Crippen LogP contribution is -2.28. The highest BCUT2D eigenvalue weighted by molar-refractivity contribution is 7.98. The van der Waals surface area contributed by atoms with E-state index >= 15 is 0 Å². The summed E-state index contributed by atoms with van der Waals surface area (Å²) in [5.41, 5.74) is 1.08. The van der Waals surface area contributed by atoms with E-state index in [1.165, 1.54) is 18.9 Å². The van der Waals surface area contributed by atoms with Gasteiger partial charge in [-0.2, -0.15) is 0 Å². The summed E-state index contributed by atoms with van der Waals surface area (Å²) in [6.45, 7) is 5.33. The van der Waals surface area contributed by atoms with Crippen LogP contribution in [0.15, 0.2) is 26.5 Å². The minimum absolute atomic E-state index is 0.00565. The molecule has 1 atom stereocenters. The topological polar surface area (TPSA) is 83.6 Å². The first kappa shape index (κ1) is 21.1. The van der Waals surface area contributed by atoms with E-state index in [1.54, 1.807) is 28.0 Å². The number of hydrogen-bond donors (Lipinski definition) is 0. The summed E-state index contributed by atoms with van der Waals surface area (Å²) < 4.78 is 17.8. The fourth-order valence-corrected chi connectivity index (χ4v) is 5.78. The van der Waals surface area contributed by atoms with Crippen LogP contribution in [0.4, 0.5) is 0 Å². The molecule has 0 amide bonds. The molecule has 0 aliphatic carbocycles. The van der Waals surface area contributed by atoms with Gasteiger partial charge < -0.3 is 13.9 Å². The van der Waals surface area contributed by atoms with Crippen molar-refractivity contribution in [2.45, 2.75) is 56.7 Å². The van der Waals surface area contributed by atoms with Gasteiger partial charge in [0.05, 0.1) is 30.9 Å². The quantitative estimate of drug-likeness (QED) is 0.305. The Balaban J connectivity index is 1.68. The molecule has 9 heteroatoms. The van der Waals surface area contributed by atoms with E-state index in [0.717, 1.165) is 46.5 Å². The molecule has 4 rings (SSSR count). The van der Waals surface area contributed by atoms with Crippen LogP contribution in [0.5, 0.6) is 0 Å². The minimum Gasteiger partial charge on any atom is -0.463 e. The highest BCUT2D eigenvalue weighted by atomic mass is 32.2. The molecule has 4 heterocycles. The molecule has 0 aromatic carbocycles. The van der Waals surface area contributed by atoms with Crippen molar-refractivity contribution in [3.8, 4) is 0 Å². The van der Waals surface area contributed by atoms with Crippen molar-refractivity contribution in [3.05, 3.63) is 44.4 Å². The first-order chi connectivity index (χ1) is 14.5. The maximum atomic E-state index is 13.4. The zero-order valence-corrected chi connectivity index (χ0v) is 18.9. The number of rotatable bonds is 7. The van der Waals surface area contributed by atoms with Gasteiger partial charge in [-0.3, -0.25) is 9.36 Å². The van der Waals surface area contributed by atoms with Crippen molar-refractivity contribution in [1.82, 2.24) is 9.55 Å². The number of thioether (sulfide) groups is 1. The number of furan rings is 1. The zero-order chi connectivity index (χ0) is 21.3. The first-order valence-corrected chi connectivity index (χ1v) is 11.8. The summed E-state index contributed by atoms with van der Waals surface area (Å²) in [4.78, 5) is 31.8. The van der Waals surface area contributed by atoms with Crippen molar-refractivity contribution < 1.29 is 18.7 Å².